The summed E-state index contributed by atoms with van der Waals surface area (Å²) in [6.45, 7) is 2.35. The quantitative estimate of drug-likeness (QED) is 0.156. The third kappa shape index (κ3) is 6.95. The predicted octanol–water partition coefficient (Wildman–Crippen LogP) is 2.39. The van der Waals surface area contributed by atoms with Crippen molar-refractivity contribution in [3.63, 3.8) is 0 Å². The summed E-state index contributed by atoms with van der Waals surface area (Å²) < 4.78 is 31.1. The molecule has 1 atom stereocenters. The number of benzene rings is 1. The molecule has 11 nitrogen and oxygen atoms in total. The standard InChI is InChI=1S/C24H29FN6O5/c25-23-16(15-35-21(32)10-20(26)27)4-3-5-19(23)17-11-28-24(29-12-17)31-13-18(14-31)30-36-9-8-34-22-6-1-2-7-33-22/h3-5,11-12,22H,1-2,6-10,13-15H2,(H3,26,27). The summed E-state index contributed by atoms with van der Waals surface area (Å²) in [7, 11) is 0. The molecule has 12 heteroatoms. The normalized spacial score (nSPS) is 17.3. The maximum Gasteiger partial charge on any atom is 0.313 e. The van der Waals surface area contributed by atoms with Crippen molar-refractivity contribution in [3.05, 3.63) is 42.0 Å². The van der Waals surface area contributed by atoms with E-state index < -0.39 is 11.8 Å². The maximum atomic E-state index is 15.0. The van der Waals surface area contributed by atoms with Crippen molar-refractivity contribution in [2.24, 2.45) is 10.9 Å². The number of aromatic nitrogens is 2. The third-order valence-electron chi connectivity index (χ3n) is 5.59. The second kappa shape index (κ2) is 12.4. The zero-order valence-corrected chi connectivity index (χ0v) is 19.8. The molecule has 1 aromatic carbocycles. The zero-order valence-electron chi connectivity index (χ0n) is 19.8. The van der Waals surface area contributed by atoms with Crippen LogP contribution in [0, 0.1) is 11.2 Å². The summed E-state index contributed by atoms with van der Waals surface area (Å²) >= 11 is 0. The molecular weight excluding hydrogens is 471 g/mol. The number of carbonyl (C=O) groups is 1. The fraction of sp³-hybridized carbons (Fsp3) is 0.458. The molecule has 2 saturated heterocycles. The number of nitrogens with two attached hydrogens (primary N) is 1. The van der Waals surface area contributed by atoms with E-state index in [2.05, 4.69) is 15.1 Å². The van der Waals surface area contributed by atoms with Gasteiger partial charge in [-0.15, -0.1) is 0 Å². The van der Waals surface area contributed by atoms with Crippen LogP contribution in [-0.4, -0.2) is 66.7 Å². The first-order valence-electron chi connectivity index (χ1n) is 11.7. The molecule has 2 aliphatic rings. The summed E-state index contributed by atoms with van der Waals surface area (Å²) in [5.41, 5.74) is 7.03. The first-order valence-corrected chi connectivity index (χ1v) is 11.7. The molecule has 0 aliphatic carbocycles. The molecule has 1 unspecified atom stereocenters. The minimum atomic E-state index is -0.690. The average molecular weight is 501 g/mol. The predicted molar refractivity (Wildman–Crippen MR) is 129 cm³/mol. The highest BCUT2D eigenvalue weighted by Gasteiger charge is 2.25. The minimum Gasteiger partial charge on any atom is -0.460 e. The molecule has 0 bridgehead atoms. The molecule has 2 fully saturated rings. The number of oxime groups is 1. The van der Waals surface area contributed by atoms with E-state index in [0.29, 0.717) is 43.4 Å². The number of ether oxygens (including phenoxy) is 3. The summed E-state index contributed by atoms with van der Waals surface area (Å²) in [4.78, 5) is 27.5. The zero-order chi connectivity index (χ0) is 25.3. The lowest BCUT2D eigenvalue weighted by Crippen LogP contribution is -2.48. The Labute approximate surface area is 207 Å². The molecule has 0 spiro atoms. The van der Waals surface area contributed by atoms with Crippen LogP contribution in [-0.2, 0) is 30.4 Å². The first-order chi connectivity index (χ1) is 17.5. The molecule has 2 aliphatic heterocycles. The van der Waals surface area contributed by atoms with Crippen molar-refractivity contribution in [2.45, 2.75) is 38.6 Å². The van der Waals surface area contributed by atoms with Gasteiger partial charge in [-0.1, -0.05) is 23.4 Å². The number of anilines is 1. The molecule has 2 aromatic rings. The summed E-state index contributed by atoms with van der Waals surface area (Å²) in [6.07, 6.45) is 5.73. The number of amidine groups is 1. The molecule has 36 heavy (non-hydrogen) atoms. The van der Waals surface area contributed by atoms with Gasteiger partial charge in [-0.25, -0.2) is 14.4 Å². The number of esters is 1. The van der Waals surface area contributed by atoms with Gasteiger partial charge in [-0.3, -0.25) is 10.2 Å². The van der Waals surface area contributed by atoms with Crippen LogP contribution in [0.4, 0.5) is 10.3 Å². The van der Waals surface area contributed by atoms with Crippen LogP contribution in [0.25, 0.3) is 11.1 Å². The Kier molecular flexibility index (Phi) is 8.74. The molecule has 0 saturated carbocycles. The second-order valence-electron chi connectivity index (χ2n) is 8.43. The van der Waals surface area contributed by atoms with Crippen molar-refractivity contribution in [1.82, 2.24) is 9.97 Å². The van der Waals surface area contributed by atoms with Crippen LogP contribution in [0.5, 0.6) is 0 Å². The highest BCUT2D eigenvalue weighted by atomic mass is 19.1. The second-order valence-corrected chi connectivity index (χ2v) is 8.43. The lowest BCUT2D eigenvalue weighted by molar-refractivity contribution is -0.169. The number of hydrogen-bond donors (Lipinski definition) is 2. The van der Waals surface area contributed by atoms with Crippen LogP contribution in [0.1, 0.15) is 31.2 Å². The van der Waals surface area contributed by atoms with E-state index in [1.54, 1.807) is 24.5 Å². The molecule has 192 valence electrons. The average Bonchev–Trinajstić information content (AvgIpc) is 2.85. The number of halogens is 1. The van der Waals surface area contributed by atoms with Gasteiger partial charge in [0.1, 0.15) is 31.3 Å². The number of nitrogens with one attached hydrogen (secondary N) is 1. The highest BCUT2D eigenvalue weighted by molar-refractivity contribution is 5.98. The summed E-state index contributed by atoms with van der Waals surface area (Å²) in [5, 5.41) is 11.2. The molecule has 3 heterocycles. The van der Waals surface area contributed by atoms with E-state index in [0.717, 1.165) is 31.6 Å². The Bertz CT molecular complexity index is 1080. The Hall–Kier alpha value is -3.64. The Balaban J connectivity index is 1.24. The Morgan fingerprint density at radius 3 is 2.78 bits per heavy atom. The smallest absolute Gasteiger partial charge is 0.313 e. The van der Waals surface area contributed by atoms with Gasteiger partial charge in [-0.05, 0) is 19.3 Å². The van der Waals surface area contributed by atoms with Gasteiger partial charge in [0.2, 0.25) is 5.95 Å². The van der Waals surface area contributed by atoms with E-state index in [-0.39, 0.29) is 30.7 Å². The number of carbonyl (C=O) groups excluding carboxylic acids is 1. The molecule has 4 rings (SSSR count). The molecule has 0 radical (unpaired) electrons. The Morgan fingerprint density at radius 2 is 2.06 bits per heavy atom. The van der Waals surface area contributed by atoms with Gasteiger partial charge in [-0.2, -0.15) is 0 Å². The van der Waals surface area contributed by atoms with Crippen LogP contribution >= 0.6 is 0 Å². The van der Waals surface area contributed by atoms with Crippen LogP contribution in [0.2, 0.25) is 0 Å². The van der Waals surface area contributed by atoms with E-state index in [1.165, 1.54) is 6.07 Å². The van der Waals surface area contributed by atoms with Gasteiger partial charge in [0, 0.05) is 35.7 Å². The fourth-order valence-electron chi connectivity index (χ4n) is 3.69. The fourth-order valence-corrected chi connectivity index (χ4v) is 3.69. The first kappa shape index (κ1) is 25.5. The topological polar surface area (TPSA) is 145 Å². The van der Waals surface area contributed by atoms with Crippen molar-refractivity contribution in [1.29, 1.82) is 5.41 Å². The SMILES string of the molecule is N=C(N)CC(=O)OCc1cccc(-c2cnc(N3CC(=NOCCOC4CCCCO4)C3)nc2)c1F. The monoisotopic (exact) mass is 500 g/mol. The molecule has 3 N–H and O–H groups in total. The van der Waals surface area contributed by atoms with Crippen molar-refractivity contribution < 1.29 is 28.2 Å². The Morgan fingerprint density at radius 1 is 1.25 bits per heavy atom. The van der Waals surface area contributed by atoms with Gasteiger partial charge in [0.25, 0.3) is 0 Å². The van der Waals surface area contributed by atoms with Gasteiger partial charge >= 0.3 is 5.97 Å². The molecule has 0 amide bonds. The van der Waals surface area contributed by atoms with Crippen LogP contribution < -0.4 is 10.6 Å². The lowest BCUT2D eigenvalue weighted by Gasteiger charge is -2.31. The summed E-state index contributed by atoms with van der Waals surface area (Å²) in [6, 6.07) is 4.78. The minimum absolute atomic E-state index is 0.138. The van der Waals surface area contributed by atoms with E-state index in [4.69, 9.17) is 30.2 Å². The number of rotatable bonds is 11. The van der Waals surface area contributed by atoms with Gasteiger partial charge < -0.3 is 29.7 Å². The largest absolute Gasteiger partial charge is 0.460 e. The molecular formula is C24H29FN6O5. The van der Waals surface area contributed by atoms with Gasteiger partial charge in [0.05, 0.1) is 25.4 Å². The molecule has 1 aromatic heterocycles. The number of nitrogens with zero attached hydrogens (tertiary/aromatic N) is 4. The lowest BCUT2D eigenvalue weighted by atomic mass is 10.1. The van der Waals surface area contributed by atoms with Gasteiger partial charge in [0.15, 0.2) is 6.29 Å². The van der Waals surface area contributed by atoms with Crippen LogP contribution in [0.15, 0.2) is 35.7 Å². The van der Waals surface area contributed by atoms with E-state index in [1.807, 2.05) is 4.90 Å². The van der Waals surface area contributed by atoms with E-state index >= 15 is 0 Å². The highest BCUT2D eigenvalue weighted by Crippen LogP contribution is 2.26. The van der Waals surface area contributed by atoms with E-state index in [9.17, 15) is 9.18 Å². The third-order valence-corrected chi connectivity index (χ3v) is 5.59. The van der Waals surface area contributed by atoms with Crippen molar-refractivity contribution in [2.75, 3.05) is 37.8 Å². The van der Waals surface area contributed by atoms with Crippen LogP contribution in [0.3, 0.4) is 0 Å². The van der Waals surface area contributed by atoms with Crippen molar-refractivity contribution >= 4 is 23.5 Å². The maximum absolute atomic E-state index is 15.0. The summed E-state index contributed by atoms with van der Waals surface area (Å²) in [5.74, 6) is -1.02. The number of hydrogen-bond acceptors (Lipinski definition) is 10. The van der Waals surface area contributed by atoms with Crippen molar-refractivity contribution in [3.8, 4) is 11.1 Å².